The first-order valence-electron chi connectivity index (χ1n) is 9.39. The van der Waals surface area contributed by atoms with E-state index in [0.717, 1.165) is 11.8 Å². The molecule has 0 amide bonds. The van der Waals surface area contributed by atoms with E-state index in [9.17, 15) is 5.11 Å². The van der Waals surface area contributed by atoms with E-state index >= 15 is 0 Å². The molecule has 132 valence electrons. The Morgan fingerprint density at radius 2 is 1.48 bits per heavy atom. The Morgan fingerprint density at radius 1 is 0.840 bits per heavy atom. The molecule has 0 aromatic heterocycles. The van der Waals surface area contributed by atoms with Crippen LogP contribution in [0, 0.1) is 17.8 Å². The molecule has 5 atom stereocenters. The van der Waals surface area contributed by atoms with Crippen LogP contribution in [0.2, 0.25) is 10.1 Å². The number of hydrogen-bond acceptors (Lipinski definition) is 1. The van der Waals surface area contributed by atoms with Crippen LogP contribution in [-0.4, -0.2) is 41.1 Å². The molecule has 25 heavy (non-hydrogen) atoms. The first-order chi connectivity index (χ1) is 12.3. The van der Waals surface area contributed by atoms with E-state index in [0.29, 0.717) is 40.6 Å². The number of fused-ring (bicyclic) bond motifs is 1. The molecule has 0 unspecified atom stereocenters. The standard InChI is InChI=1S/C22H26OSe2/c23-22-20-13-7-12-19(20)16(15-24-17-8-3-1-4-9-17)14-21(22)25-18-10-5-2-6-11-18/h1-6,8-11,16,19-23H,7,12-15H2/t16-,19-,20+,21+,22+/m0/s1. The van der Waals surface area contributed by atoms with Crippen molar-refractivity contribution >= 4 is 38.8 Å². The summed E-state index contributed by atoms with van der Waals surface area (Å²) in [5, 5.41) is 12.4. The van der Waals surface area contributed by atoms with Crippen LogP contribution >= 0.6 is 0 Å². The molecule has 2 aliphatic rings. The van der Waals surface area contributed by atoms with Gasteiger partial charge in [-0.3, -0.25) is 0 Å². The maximum absolute atomic E-state index is 11.0. The Balaban J connectivity index is 1.46. The minimum atomic E-state index is -0.0619. The molecule has 2 aliphatic carbocycles. The van der Waals surface area contributed by atoms with Gasteiger partial charge in [-0.05, 0) is 0 Å². The van der Waals surface area contributed by atoms with Gasteiger partial charge in [0.15, 0.2) is 0 Å². The van der Waals surface area contributed by atoms with Crippen LogP contribution in [-0.2, 0) is 0 Å². The van der Waals surface area contributed by atoms with Crippen molar-refractivity contribution in [2.75, 3.05) is 0 Å². The van der Waals surface area contributed by atoms with Crippen molar-refractivity contribution in [3.05, 3.63) is 60.7 Å². The minimum absolute atomic E-state index is 0.0619. The molecular weight excluding hydrogens is 438 g/mol. The van der Waals surface area contributed by atoms with Gasteiger partial charge >= 0.3 is 164 Å². The van der Waals surface area contributed by atoms with Gasteiger partial charge in [0.05, 0.1) is 0 Å². The van der Waals surface area contributed by atoms with E-state index in [4.69, 9.17) is 0 Å². The second-order valence-corrected chi connectivity index (χ2v) is 12.4. The number of hydrogen-bond donors (Lipinski definition) is 1. The van der Waals surface area contributed by atoms with Gasteiger partial charge < -0.3 is 0 Å². The third-order valence-electron chi connectivity index (χ3n) is 5.82. The Bertz CT molecular complexity index is 656. The Labute approximate surface area is 163 Å². The van der Waals surface area contributed by atoms with Gasteiger partial charge in [0.2, 0.25) is 0 Å². The summed E-state index contributed by atoms with van der Waals surface area (Å²) in [4.78, 5) is 0.505. The van der Waals surface area contributed by atoms with Gasteiger partial charge in [-0.1, -0.05) is 0 Å². The molecule has 0 aliphatic heterocycles. The summed E-state index contributed by atoms with van der Waals surface area (Å²) in [6, 6.07) is 21.9. The summed E-state index contributed by atoms with van der Waals surface area (Å²) in [5.41, 5.74) is 0. The molecule has 0 spiro atoms. The summed E-state index contributed by atoms with van der Waals surface area (Å²) in [6.45, 7) is 0. The van der Waals surface area contributed by atoms with Crippen LogP contribution in [0.1, 0.15) is 25.7 Å². The second kappa shape index (κ2) is 8.42. The number of rotatable bonds is 5. The first kappa shape index (κ1) is 17.8. The first-order valence-corrected chi connectivity index (χ1v) is 13.3. The van der Waals surface area contributed by atoms with Crippen molar-refractivity contribution in [2.45, 2.75) is 41.9 Å². The predicted molar refractivity (Wildman–Crippen MR) is 107 cm³/mol. The third-order valence-corrected chi connectivity index (χ3v) is 11.1. The average Bonchev–Trinajstić information content (AvgIpc) is 3.15. The van der Waals surface area contributed by atoms with Crippen LogP contribution in [0.3, 0.4) is 0 Å². The van der Waals surface area contributed by atoms with Crippen molar-refractivity contribution in [2.24, 2.45) is 17.8 Å². The number of aliphatic hydroxyl groups is 1. The van der Waals surface area contributed by atoms with Crippen molar-refractivity contribution in [1.29, 1.82) is 0 Å². The summed E-state index contributed by atoms with van der Waals surface area (Å²) in [7, 11) is 0. The number of benzene rings is 2. The van der Waals surface area contributed by atoms with Crippen LogP contribution in [0.4, 0.5) is 0 Å². The second-order valence-electron chi connectivity index (χ2n) is 7.34. The van der Waals surface area contributed by atoms with Gasteiger partial charge in [-0.2, -0.15) is 0 Å². The molecule has 0 heterocycles. The Hall–Kier alpha value is -0.561. The quantitative estimate of drug-likeness (QED) is 0.675. The third kappa shape index (κ3) is 4.23. The zero-order valence-electron chi connectivity index (χ0n) is 14.5. The maximum atomic E-state index is 11.0. The van der Waals surface area contributed by atoms with Crippen LogP contribution in [0.5, 0.6) is 0 Å². The number of aliphatic hydroxyl groups excluding tert-OH is 1. The molecular formula is C22H26OSe2. The molecule has 0 radical (unpaired) electrons. The van der Waals surface area contributed by atoms with E-state index in [1.54, 1.807) is 0 Å². The fourth-order valence-electron chi connectivity index (χ4n) is 4.62. The molecule has 0 saturated heterocycles. The van der Waals surface area contributed by atoms with Crippen LogP contribution in [0.25, 0.3) is 0 Å². The van der Waals surface area contributed by atoms with Crippen molar-refractivity contribution in [3.63, 3.8) is 0 Å². The van der Waals surface area contributed by atoms with E-state index in [2.05, 4.69) is 60.7 Å². The summed E-state index contributed by atoms with van der Waals surface area (Å²) in [5.74, 6) is 2.18. The topological polar surface area (TPSA) is 20.2 Å². The molecule has 1 nitrogen and oxygen atoms in total. The zero-order chi connectivity index (χ0) is 17.1. The molecule has 3 heteroatoms. The average molecular weight is 464 g/mol. The Morgan fingerprint density at radius 3 is 2.20 bits per heavy atom. The zero-order valence-corrected chi connectivity index (χ0v) is 17.9. The summed E-state index contributed by atoms with van der Waals surface area (Å²) < 4.78 is 2.98. The van der Waals surface area contributed by atoms with Crippen LogP contribution < -0.4 is 8.92 Å². The van der Waals surface area contributed by atoms with Gasteiger partial charge in [-0.15, -0.1) is 0 Å². The molecule has 4 rings (SSSR count). The van der Waals surface area contributed by atoms with Crippen molar-refractivity contribution in [1.82, 2.24) is 0 Å². The molecule has 2 aromatic carbocycles. The van der Waals surface area contributed by atoms with E-state index < -0.39 is 0 Å². The summed E-state index contributed by atoms with van der Waals surface area (Å²) >= 11 is 0.970. The Kier molecular flexibility index (Phi) is 6.01. The summed E-state index contributed by atoms with van der Waals surface area (Å²) in [6.07, 6.45) is 5.11. The van der Waals surface area contributed by atoms with Gasteiger partial charge in [0.25, 0.3) is 0 Å². The van der Waals surface area contributed by atoms with E-state index in [1.165, 1.54) is 39.9 Å². The fraction of sp³-hybridized carbons (Fsp3) is 0.455. The van der Waals surface area contributed by atoms with Crippen molar-refractivity contribution in [3.8, 4) is 0 Å². The van der Waals surface area contributed by atoms with Gasteiger partial charge in [0, 0.05) is 0 Å². The van der Waals surface area contributed by atoms with Gasteiger partial charge in [0.1, 0.15) is 0 Å². The van der Waals surface area contributed by atoms with Gasteiger partial charge in [-0.25, -0.2) is 0 Å². The molecule has 0 bridgehead atoms. The molecule has 2 fully saturated rings. The van der Waals surface area contributed by atoms with E-state index in [-0.39, 0.29) is 6.10 Å². The monoisotopic (exact) mass is 466 g/mol. The SMILES string of the molecule is O[C@@H]1[C@@H]2CCC[C@H]2[C@H](C[Se]c2ccccc2)C[C@H]1[Se]c1ccccc1. The molecule has 2 saturated carbocycles. The molecule has 2 aromatic rings. The fourth-order valence-corrected chi connectivity index (χ4v) is 9.84. The predicted octanol–water partition coefficient (Wildman–Crippen LogP) is 3.05. The van der Waals surface area contributed by atoms with Crippen LogP contribution in [0.15, 0.2) is 60.7 Å². The normalized spacial score (nSPS) is 31.6. The van der Waals surface area contributed by atoms with Crippen molar-refractivity contribution < 1.29 is 5.11 Å². The van der Waals surface area contributed by atoms with E-state index in [1.807, 2.05) is 0 Å². The molecule has 1 N–H and O–H groups in total.